The summed E-state index contributed by atoms with van der Waals surface area (Å²) in [4.78, 5) is 0. The molecule has 1 unspecified atom stereocenters. The highest BCUT2D eigenvalue weighted by Gasteiger charge is 2.32. The van der Waals surface area contributed by atoms with Crippen LogP contribution in [0.25, 0.3) is 5.52 Å². The second kappa shape index (κ2) is 6.14. The van der Waals surface area contributed by atoms with Crippen LogP contribution in [0.5, 0.6) is 0 Å². The van der Waals surface area contributed by atoms with Gasteiger partial charge in [-0.3, -0.25) is 4.68 Å². The van der Waals surface area contributed by atoms with Crippen LogP contribution in [0.3, 0.4) is 0 Å². The van der Waals surface area contributed by atoms with E-state index in [0.29, 0.717) is 12.5 Å². The quantitative estimate of drug-likeness (QED) is 0.748. The summed E-state index contributed by atoms with van der Waals surface area (Å²) in [6.45, 7) is 1.55. The van der Waals surface area contributed by atoms with E-state index in [1.165, 1.54) is 0 Å². The van der Waals surface area contributed by atoms with Crippen molar-refractivity contribution in [2.45, 2.75) is 38.1 Å². The first kappa shape index (κ1) is 14.4. The van der Waals surface area contributed by atoms with E-state index in [2.05, 4.69) is 21.6 Å². The average Bonchev–Trinajstić information content (AvgIpc) is 3.25. The molecule has 3 aromatic heterocycles. The fourth-order valence-electron chi connectivity index (χ4n) is 3.47. The molecule has 6 nitrogen and oxygen atoms in total. The molecule has 1 saturated carbocycles. The highest BCUT2D eigenvalue weighted by molar-refractivity contribution is 5.46. The van der Waals surface area contributed by atoms with Crippen LogP contribution in [0, 0.1) is 5.92 Å². The van der Waals surface area contributed by atoms with Gasteiger partial charge in [0, 0.05) is 37.7 Å². The van der Waals surface area contributed by atoms with Crippen LogP contribution in [0.2, 0.25) is 0 Å². The van der Waals surface area contributed by atoms with Crippen LogP contribution < -0.4 is 5.32 Å². The molecule has 0 aromatic carbocycles. The summed E-state index contributed by atoms with van der Waals surface area (Å²) in [7, 11) is 0. The molecule has 1 fully saturated rings. The molecule has 0 amide bonds. The summed E-state index contributed by atoms with van der Waals surface area (Å²) in [5.74, 6) is 0.462. The van der Waals surface area contributed by atoms with Gasteiger partial charge >= 0.3 is 0 Å². The van der Waals surface area contributed by atoms with Gasteiger partial charge < -0.3 is 10.4 Å². The van der Waals surface area contributed by atoms with Crippen molar-refractivity contribution in [3.8, 4) is 0 Å². The summed E-state index contributed by atoms with van der Waals surface area (Å²) >= 11 is 0. The SMILES string of the molecule is O[C@@H]1CC(Cn2cccn2)C[C@H]1NCc1cc2ccccn2n1. The number of aliphatic hydroxyl groups excluding tert-OH is 1. The van der Waals surface area contributed by atoms with Crippen molar-refractivity contribution in [2.75, 3.05) is 0 Å². The van der Waals surface area contributed by atoms with Gasteiger partial charge in [-0.1, -0.05) is 6.07 Å². The molecule has 0 spiro atoms. The van der Waals surface area contributed by atoms with Gasteiger partial charge in [-0.15, -0.1) is 0 Å². The van der Waals surface area contributed by atoms with E-state index in [1.807, 2.05) is 45.9 Å². The van der Waals surface area contributed by atoms with Crippen molar-refractivity contribution < 1.29 is 5.11 Å². The smallest absolute Gasteiger partial charge is 0.0773 e. The number of fused-ring (bicyclic) bond motifs is 1. The molecule has 120 valence electrons. The Morgan fingerprint density at radius 2 is 2.17 bits per heavy atom. The van der Waals surface area contributed by atoms with Crippen LogP contribution in [-0.2, 0) is 13.1 Å². The zero-order chi connectivity index (χ0) is 15.6. The van der Waals surface area contributed by atoms with E-state index in [1.54, 1.807) is 6.20 Å². The third-order valence-electron chi connectivity index (χ3n) is 4.60. The fourth-order valence-corrected chi connectivity index (χ4v) is 3.47. The van der Waals surface area contributed by atoms with Crippen molar-refractivity contribution >= 4 is 5.52 Å². The van der Waals surface area contributed by atoms with Crippen molar-refractivity contribution in [3.63, 3.8) is 0 Å². The number of nitrogens with one attached hydrogen (secondary N) is 1. The molecular weight excluding hydrogens is 290 g/mol. The van der Waals surface area contributed by atoms with E-state index < -0.39 is 0 Å². The molecule has 3 atom stereocenters. The van der Waals surface area contributed by atoms with Crippen molar-refractivity contribution in [3.05, 3.63) is 54.6 Å². The molecule has 23 heavy (non-hydrogen) atoms. The van der Waals surface area contributed by atoms with Gasteiger partial charge in [0.15, 0.2) is 0 Å². The number of rotatable bonds is 5. The number of hydrogen-bond acceptors (Lipinski definition) is 4. The maximum atomic E-state index is 10.3. The maximum absolute atomic E-state index is 10.3. The number of nitrogens with zero attached hydrogens (tertiary/aromatic N) is 4. The third kappa shape index (κ3) is 3.13. The van der Waals surface area contributed by atoms with E-state index >= 15 is 0 Å². The van der Waals surface area contributed by atoms with E-state index in [9.17, 15) is 5.11 Å². The van der Waals surface area contributed by atoms with Crippen LogP contribution in [0.15, 0.2) is 48.9 Å². The molecular formula is C17H21N5O. The molecule has 0 bridgehead atoms. The first-order valence-corrected chi connectivity index (χ1v) is 8.10. The summed E-state index contributed by atoms with van der Waals surface area (Å²) in [6.07, 6.45) is 7.21. The van der Waals surface area contributed by atoms with E-state index in [4.69, 9.17) is 0 Å². The van der Waals surface area contributed by atoms with Crippen molar-refractivity contribution in [1.82, 2.24) is 24.7 Å². The minimum atomic E-state index is -0.299. The molecule has 4 rings (SSSR count). The summed E-state index contributed by atoms with van der Waals surface area (Å²) < 4.78 is 3.82. The van der Waals surface area contributed by atoms with E-state index in [-0.39, 0.29) is 12.1 Å². The second-order valence-corrected chi connectivity index (χ2v) is 6.33. The summed E-state index contributed by atoms with van der Waals surface area (Å²) in [5, 5.41) is 22.5. The van der Waals surface area contributed by atoms with Gasteiger partial charge in [0.1, 0.15) is 0 Å². The monoisotopic (exact) mass is 311 g/mol. The average molecular weight is 311 g/mol. The molecule has 1 aliphatic rings. The van der Waals surface area contributed by atoms with Gasteiger partial charge in [0.05, 0.1) is 17.3 Å². The number of aliphatic hydroxyl groups is 1. The van der Waals surface area contributed by atoms with Gasteiger partial charge in [-0.2, -0.15) is 10.2 Å². The van der Waals surface area contributed by atoms with Crippen LogP contribution in [-0.4, -0.2) is 36.6 Å². The summed E-state index contributed by atoms with van der Waals surface area (Å²) in [5.41, 5.74) is 2.09. The number of aromatic nitrogens is 4. The Bertz CT molecular complexity index is 733. The molecule has 3 heterocycles. The topological polar surface area (TPSA) is 67.4 Å². The Hall–Kier alpha value is -2.18. The van der Waals surface area contributed by atoms with E-state index in [0.717, 1.165) is 30.6 Å². The standard InChI is InChI=1S/C17H21N5O/c23-17-9-13(12-21-6-3-5-19-21)8-16(17)18-11-14-10-15-4-1-2-7-22(15)20-14/h1-7,10,13,16-18,23H,8-9,11-12H2/t13?,16-,17-/m1/s1. The zero-order valence-electron chi connectivity index (χ0n) is 12.9. The summed E-state index contributed by atoms with van der Waals surface area (Å²) in [6, 6.07) is 10.2. The van der Waals surface area contributed by atoms with Crippen LogP contribution in [0.1, 0.15) is 18.5 Å². The lowest BCUT2D eigenvalue weighted by Crippen LogP contribution is -2.35. The molecule has 3 aromatic rings. The van der Waals surface area contributed by atoms with Gasteiger partial charge in [0.25, 0.3) is 0 Å². The van der Waals surface area contributed by atoms with Crippen LogP contribution in [0.4, 0.5) is 0 Å². The zero-order valence-corrected chi connectivity index (χ0v) is 12.9. The van der Waals surface area contributed by atoms with Gasteiger partial charge in [-0.05, 0) is 43.0 Å². The van der Waals surface area contributed by atoms with Gasteiger partial charge in [0.2, 0.25) is 0 Å². The number of hydrogen-bond donors (Lipinski definition) is 2. The lowest BCUT2D eigenvalue weighted by atomic mass is 10.1. The first-order valence-electron chi connectivity index (χ1n) is 8.10. The lowest BCUT2D eigenvalue weighted by molar-refractivity contribution is 0.145. The predicted octanol–water partition coefficient (Wildman–Crippen LogP) is 1.46. The highest BCUT2D eigenvalue weighted by Crippen LogP contribution is 2.27. The normalized spacial score (nSPS) is 24.5. The van der Waals surface area contributed by atoms with Gasteiger partial charge in [-0.25, -0.2) is 4.52 Å². The molecule has 1 aliphatic carbocycles. The molecule has 0 radical (unpaired) electrons. The molecule has 2 N–H and O–H groups in total. The third-order valence-corrected chi connectivity index (χ3v) is 4.60. The maximum Gasteiger partial charge on any atom is 0.0773 e. The van der Waals surface area contributed by atoms with Crippen molar-refractivity contribution in [2.24, 2.45) is 5.92 Å². The Morgan fingerprint density at radius 1 is 1.22 bits per heavy atom. The predicted molar refractivity (Wildman–Crippen MR) is 86.8 cm³/mol. The highest BCUT2D eigenvalue weighted by atomic mass is 16.3. The fraction of sp³-hybridized carbons (Fsp3) is 0.412. The molecule has 0 saturated heterocycles. The minimum absolute atomic E-state index is 0.125. The second-order valence-electron chi connectivity index (χ2n) is 6.33. The largest absolute Gasteiger partial charge is 0.391 e. The first-order chi connectivity index (χ1) is 11.3. The molecule has 6 heteroatoms. The van der Waals surface area contributed by atoms with Crippen molar-refractivity contribution in [1.29, 1.82) is 0 Å². The lowest BCUT2D eigenvalue weighted by Gasteiger charge is -2.15. The van der Waals surface area contributed by atoms with Crippen LogP contribution >= 0.6 is 0 Å². The Labute approximate surface area is 134 Å². The molecule has 0 aliphatic heterocycles. The Balaban J connectivity index is 1.35. The number of pyridine rings is 1. The minimum Gasteiger partial charge on any atom is -0.391 e. The Kier molecular flexibility index (Phi) is 3.85. The Morgan fingerprint density at radius 3 is 3.00 bits per heavy atom.